The summed E-state index contributed by atoms with van der Waals surface area (Å²) in [6, 6.07) is 6.10. The van der Waals surface area contributed by atoms with Gasteiger partial charge < -0.3 is 15.2 Å². The molecule has 1 aromatic rings. The van der Waals surface area contributed by atoms with E-state index in [0.29, 0.717) is 0 Å². The number of rotatable bonds is 1. The van der Waals surface area contributed by atoms with Crippen LogP contribution in [-0.2, 0) is 4.74 Å². The third-order valence-electron chi connectivity index (χ3n) is 3.52. The molecule has 3 nitrogen and oxygen atoms in total. The first-order chi connectivity index (χ1) is 8.24. The van der Waals surface area contributed by atoms with Crippen LogP contribution in [0.25, 0.3) is 0 Å². The Bertz CT molecular complexity index is 418. The molecule has 1 aromatic carbocycles. The summed E-state index contributed by atoms with van der Waals surface area (Å²) in [6.07, 6.45) is 3.38. The van der Waals surface area contributed by atoms with Crippen LogP contribution in [0.15, 0.2) is 22.7 Å². The van der Waals surface area contributed by atoms with Crippen molar-refractivity contribution in [2.45, 2.75) is 37.5 Å². The normalized spacial score (nSPS) is 32.0. The van der Waals surface area contributed by atoms with Gasteiger partial charge in [0.05, 0.1) is 6.10 Å². The number of fused-ring (bicyclic) bond motifs is 1. The predicted octanol–water partition coefficient (Wildman–Crippen LogP) is 2.78. The Morgan fingerprint density at radius 3 is 2.94 bits per heavy atom. The van der Waals surface area contributed by atoms with Gasteiger partial charge in [0, 0.05) is 29.1 Å². The molecule has 1 fully saturated rings. The van der Waals surface area contributed by atoms with Crippen LogP contribution in [0.5, 0.6) is 5.75 Å². The van der Waals surface area contributed by atoms with Gasteiger partial charge in [-0.05, 0) is 25.0 Å². The van der Waals surface area contributed by atoms with Crippen LogP contribution in [-0.4, -0.2) is 18.8 Å². The molecular formula is C13H16BrNO2. The number of nitrogens with two attached hydrogens (primary N) is 1. The van der Waals surface area contributed by atoms with E-state index in [2.05, 4.69) is 15.9 Å². The molecule has 0 bridgehead atoms. The lowest BCUT2D eigenvalue weighted by molar-refractivity contribution is -0.00198. The average Bonchev–Trinajstić information content (AvgIpc) is 2.81. The van der Waals surface area contributed by atoms with Crippen molar-refractivity contribution < 1.29 is 9.47 Å². The highest BCUT2D eigenvalue weighted by Crippen LogP contribution is 2.37. The van der Waals surface area contributed by atoms with Crippen molar-refractivity contribution in [1.29, 1.82) is 0 Å². The van der Waals surface area contributed by atoms with Crippen LogP contribution >= 0.6 is 15.9 Å². The van der Waals surface area contributed by atoms with Gasteiger partial charge in [-0.3, -0.25) is 0 Å². The van der Waals surface area contributed by atoms with Crippen LogP contribution in [0.3, 0.4) is 0 Å². The van der Waals surface area contributed by atoms with Crippen molar-refractivity contribution in [3.63, 3.8) is 0 Å². The molecule has 1 saturated heterocycles. The third-order valence-corrected chi connectivity index (χ3v) is 4.01. The standard InChI is InChI=1S/C13H16BrNO2/c14-8-3-4-9-10(15)7-13(17-12(9)6-8)11-2-1-5-16-11/h3-4,6,10-11,13H,1-2,5,7,15H2/t10-,11?,13?/m1/s1. The average molecular weight is 298 g/mol. The molecule has 0 saturated carbocycles. The zero-order valence-corrected chi connectivity index (χ0v) is 11.2. The quantitative estimate of drug-likeness (QED) is 0.867. The molecule has 2 N–H and O–H groups in total. The van der Waals surface area contributed by atoms with Gasteiger partial charge in [0.2, 0.25) is 0 Å². The first-order valence-electron chi connectivity index (χ1n) is 6.07. The number of hydrogen-bond donors (Lipinski definition) is 1. The first-order valence-corrected chi connectivity index (χ1v) is 6.86. The minimum atomic E-state index is 0.0565. The Labute approximate surface area is 109 Å². The Hall–Kier alpha value is -0.580. The molecule has 2 aliphatic heterocycles. The second kappa shape index (κ2) is 4.59. The molecule has 2 heterocycles. The number of benzene rings is 1. The lowest BCUT2D eigenvalue weighted by Crippen LogP contribution is -2.38. The molecule has 2 aliphatic rings. The van der Waals surface area contributed by atoms with Crippen molar-refractivity contribution in [2.75, 3.05) is 6.61 Å². The SMILES string of the molecule is N[C@@H]1CC(C2CCCO2)Oc2cc(Br)ccc21. The van der Waals surface area contributed by atoms with Gasteiger partial charge in [0.1, 0.15) is 11.9 Å². The van der Waals surface area contributed by atoms with Crippen LogP contribution in [0.2, 0.25) is 0 Å². The maximum Gasteiger partial charge on any atom is 0.127 e. The fourth-order valence-corrected chi connectivity index (χ4v) is 2.97. The zero-order valence-electron chi connectivity index (χ0n) is 9.56. The van der Waals surface area contributed by atoms with E-state index < -0.39 is 0 Å². The summed E-state index contributed by atoms with van der Waals surface area (Å²) in [7, 11) is 0. The monoisotopic (exact) mass is 297 g/mol. The second-order valence-corrected chi connectivity index (χ2v) is 5.65. The maximum absolute atomic E-state index is 6.20. The summed E-state index contributed by atoms with van der Waals surface area (Å²) in [5.41, 5.74) is 7.30. The lowest BCUT2D eigenvalue weighted by atomic mass is 9.94. The van der Waals surface area contributed by atoms with Gasteiger partial charge in [0.15, 0.2) is 0 Å². The minimum absolute atomic E-state index is 0.0565. The van der Waals surface area contributed by atoms with Crippen molar-refractivity contribution in [3.8, 4) is 5.75 Å². The fourth-order valence-electron chi connectivity index (χ4n) is 2.63. The van der Waals surface area contributed by atoms with E-state index in [9.17, 15) is 0 Å². The van der Waals surface area contributed by atoms with E-state index in [0.717, 1.165) is 41.7 Å². The van der Waals surface area contributed by atoms with Crippen molar-refractivity contribution in [3.05, 3.63) is 28.2 Å². The maximum atomic E-state index is 6.20. The fraction of sp³-hybridized carbons (Fsp3) is 0.538. The molecular weight excluding hydrogens is 282 g/mol. The van der Waals surface area contributed by atoms with Gasteiger partial charge in [-0.15, -0.1) is 0 Å². The lowest BCUT2D eigenvalue weighted by Gasteiger charge is -2.33. The summed E-state index contributed by atoms with van der Waals surface area (Å²) in [5.74, 6) is 0.902. The summed E-state index contributed by atoms with van der Waals surface area (Å²) in [5, 5.41) is 0. The highest BCUT2D eigenvalue weighted by Gasteiger charge is 2.34. The second-order valence-electron chi connectivity index (χ2n) is 4.73. The van der Waals surface area contributed by atoms with E-state index in [-0.39, 0.29) is 18.2 Å². The highest BCUT2D eigenvalue weighted by atomic mass is 79.9. The van der Waals surface area contributed by atoms with Crippen LogP contribution in [0.4, 0.5) is 0 Å². The van der Waals surface area contributed by atoms with Gasteiger partial charge >= 0.3 is 0 Å². The first kappa shape index (κ1) is 11.5. The smallest absolute Gasteiger partial charge is 0.127 e. The molecule has 92 valence electrons. The predicted molar refractivity (Wildman–Crippen MR) is 69.1 cm³/mol. The van der Waals surface area contributed by atoms with E-state index in [1.165, 1.54) is 0 Å². The topological polar surface area (TPSA) is 44.5 Å². The van der Waals surface area contributed by atoms with E-state index in [1.807, 2.05) is 18.2 Å². The van der Waals surface area contributed by atoms with E-state index in [1.54, 1.807) is 0 Å². The van der Waals surface area contributed by atoms with Gasteiger partial charge in [-0.2, -0.15) is 0 Å². The Morgan fingerprint density at radius 2 is 2.18 bits per heavy atom. The molecule has 0 aliphatic carbocycles. The molecule has 3 atom stereocenters. The van der Waals surface area contributed by atoms with Crippen molar-refractivity contribution in [1.82, 2.24) is 0 Å². The molecule has 4 heteroatoms. The van der Waals surface area contributed by atoms with Gasteiger partial charge in [0.25, 0.3) is 0 Å². The number of halogens is 1. The highest BCUT2D eigenvalue weighted by molar-refractivity contribution is 9.10. The number of hydrogen-bond acceptors (Lipinski definition) is 3. The van der Waals surface area contributed by atoms with Crippen LogP contribution < -0.4 is 10.5 Å². The van der Waals surface area contributed by atoms with Crippen LogP contribution in [0.1, 0.15) is 30.9 Å². The van der Waals surface area contributed by atoms with Gasteiger partial charge in [-0.1, -0.05) is 22.0 Å². The van der Waals surface area contributed by atoms with Gasteiger partial charge in [-0.25, -0.2) is 0 Å². The van der Waals surface area contributed by atoms with Crippen molar-refractivity contribution in [2.24, 2.45) is 5.73 Å². The molecule has 0 spiro atoms. The Balaban J connectivity index is 1.85. The minimum Gasteiger partial charge on any atom is -0.487 e. The van der Waals surface area contributed by atoms with Crippen LogP contribution in [0, 0.1) is 0 Å². The summed E-state index contributed by atoms with van der Waals surface area (Å²) >= 11 is 3.46. The third kappa shape index (κ3) is 2.21. The molecule has 0 radical (unpaired) electrons. The molecule has 0 aromatic heterocycles. The summed E-state index contributed by atoms with van der Waals surface area (Å²) in [4.78, 5) is 0. The van der Waals surface area contributed by atoms with E-state index in [4.69, 9.17) is 15.2 Å². The van der Waals surface area contributed by atoms with E-state index >= 15 is 0 Å². The van der Waals surface area contributed by atoms with Crippen molar-refractivity contribution >= 4 is 15.9 Å². The Kier molecular flexibility index (Phi) is 3.11. The molecule has 3 rings (SSSR count). The zero-order chi connectivity index (χ0) is 11.8. The largest absolute Gasteiger partial charge is 0.487 e. The number of ether oxygens (including phenoxy) is 2. The Morgan fingerprint density at radius 1 is 1.29 bits per heavy atom. The summed E-state index contributed by atoms with van der Waals surface area (Å²) in [6.45, 7) is 0.852. The molecule has 17 heavy (non-hydrogen) atoms. The molecule has 0 amide bonds. The molecule has 2 unspecified atom stereocenters. The summed E-state index contributed by atoms with van der Waals surface area (Å²) < 4.78 is 12.8.